The van der Waals surface area contributed by atoms with E-state index in [1.165, 1.54) is 49.8 Å². The molecule has 0 aliphatic heterocycles. The molecule has 4 nitrogen and oxygen atoms in total. The molecule has 2 aromatic rings. The summed E-state index contributed by atoms with van der Waals surface area (Å²) in [5.41, 5.74) is 4.75. The molecule has 0 unspecified atom stereocenters. The number of hydrogen-bond acceptors (Lipinski definition) is 2. The van der Waals surface area contributed by atoms with E-state index in [9.17, 15) is 4.79 Å². The minimum atomic E-state index is -0.00178. The largest absolute Gasteiger partial charge is 0.350 e. The van der Waals surface area contributed by atoms with E-state index in [4.69, 9.17) is 16.7 Å². The summed E-state index contributed by atoms with van der Waals surface area (Å²) in [5, 5.41) is 8.65. The summed E-state index contributed by atoms with van der Waals surface area (Å²) in [7, 11) is 0. The van der Waals surface area contributed by atoms with Crippen LogP contribution in [0.5, 0.6) is 0 Å². The third-order valence-electron chi connectivity index (χ3n) is 5.72. The van der Waals surface area contributed by atoms with Gasteiger partial charge < -0.3 is 5.32 Å². The molecule has 1 aromatic carbocycles. The highest BCUT2D eigenvalue weighted by atomic mass is 35.5. The number of amides is 1. The predicted octanol–water partition coefficient (Wildman–Crippen LogP) is 4.39. The zero-order valence-corrected chi connectivity index (χ0v) is 15.9. The molecule has 1 heterocycles. The number of aromatic nitrogens is 2. The standard InChI is InChI=1S/C21H26ClN3O/c22-18-11-5-1-7-15(18)13-21(26)23-14-19-17-10-4-6-12-20(17)25(24-19)16-8-2-3-9-16/h1,5,7,11,16H,2-4,6,8-10,12-14H2,(H,23,26). The average molecular weight is 372 g/mol. The van der Waals surface area contributed by atoms with Gasteiger partial charge in [0.1, 0.15) is 0 Å². The minimum absolute atomic E-state index is 0.00178. The Bertz CT molecular complexity index is 793. The van der Waals surface area contributed by atoms with Gasteiger partial charge in [0.15, 0.2) is 0 Å². The molecule has 1 fully saturated rings. The van der Waals surface area contributed by atoms with Gasteiger partial charge in [0, 0.05) is 10.7 Å². The highest BCUT2D eigenvalue weighted by Crippen LogP contribution is 2.34. The third kappa shape index (κ3) is 3.66. The molecular weight excluding hydrogens is 346 g/mol. The second kappa shape index (κ2) is 7.83. The van der Waals surface area contributed by atoms with Crippen molar-refractivity contribution >= 4 is 17.5 Å². The van der Waals surface area contributed by atoms with E-state index in [1.54, 1.807) is 0 Å². The molecule has 5 heteroatoms. The van der Waals surface area contributed by atoms with Crippen LogP contribution in [0.15, 0.2) is 24.3 Å². The van der Waals surface area contributed by atoms with Crippen LogP contribution in [0.25, 0.3) is 0 Å². The van der Waals surface area contributed by atoms with Crippen molar-refractivity contribution in [2.75, 3.05) is 0 Å². The van der Waals surface area contributed by atoms with Crippen LogP contribution in [0, 0.1) is 0 Å². The fraction of sp³-hybridized carbons (Fsp3) is 0.524. The normalized spacial score (nSPS) is 17.3. The maximum atomic E-state index is 12.4. The summed E-state index contributed by atoms with van der Waals surface area (Å²) in [6, 6.07) is 8.08. The Labute approximate surface area is 159 Å². The quantitative estimate of drug-likeness (QED) is 0.847. The summed E-state index contributed by atoms with van der Waals surface area (Å²) in [6.45, 7) is 0.519. The van der Waals surface area contributed by atoms with Gasteiger partial charge in [-0.25, -0.2) is 0 Å². The molecule has 138 valence electrons. The molecule has 4 rings (SSSR count). The molecule has 0 bridgehead atoms. The summed E-state index contributed by atoms with van der Waals surface area (Å²) >= 11 is 6.16. The number of carbonyl (C=O) groups excluding carboxylic acids is 1. The van der Waals surface area contributed by atoms with E-state index in [0.717, 1.165) is 24.1 Å². The highest BCUT2D eigenvalue weighted by Gasteiger charge is 2.26. The SMILES string of the molecule is O=C(Cc1ccccc1Cl)NCc1nn(C2CCCC2)c2c1CCCC2. The van der Waals surface area contributed by atoms with Crippen LogP contribution in [0.4, 0.5) is 0 Å². The summed E-state index contributed by atoms with van der Waals surface area (Å²) in [6.07, 6.45) is 10.1. The van der Waals surface area contributed by atoms with Crippen molar-refractivity contribution in [3.63, 3.8) is 0 Å². The number of nitrogens with zero attached hydrogens (tertiary/aromatic N) is 2. The van der Waals surface area contributed by atoms with Gasteiger partial charge >= 0.3 is 0 Å². The Morgan fingerprint density at radius 2 is 1.92 bits per heavy atom. The lowest BCUT2D eigenvalue weighted by Crippen LogP contribution is -2.25. The Kier molecular flexibility index (Phi) is 5.30. The van der Waals surface area contributed by atoms with Crippen LogP contribution >= 0.6 is 11.6 Å². The first kappa shape index (κ1) is 17.6. The van der Waals surface area contributed by atoms with Crippen LogP contribution in [0.1, 0.15) is 67.1 Å². The Morgan fingerprint density at radius 3 is 2.73 bits per heavy atom. The van der Waals surface area contributed by atoms with Gasteiger partial charge in [-0.1, -0.05) is 42.6 Å². The van der Waals surface area contributed by atoms with Gasteiger partial charge in [0.2, 0.25) is 5.91 Å². The van der Waals surface area contributed by atoms with E-state index in [2.05, 4.69) is 10.00 Å². The number of rotatable bonds is 5. The molecule has 0 spiro atoms. The number of hydrogen-bond donors (Lipinski definition) is 1. The fourth-order valence-electron chi connectivity index (χ4n) is 4.36. The predicted molar refractivity (Wildman–Crippen MR) is 103 cm³/mol. The van der Waals surface area contributed by atoms with Crippen molar-refractivity contribution in [3.8, 4) is 0 Å². The Balaban J connectivity index is 1.46. The lowest BCUT2D eigenvalue weighted by molar-refractivity contribution is -0.120. The van der Waals surface area contributed by atoms with Crippen LogP contribution < -0.4 is 5.32 Å². The van der Waals surface area contributed by atoms with E-state index in [-0.39, 0.29) is 5.91 Å². The molecule has 1 saturated carbocycles. The molecule has 2 aliphatic rings. The van der Waals surface area contributed by atoms with Crippen LogP contribution in [-0.2, 0) is 30.6 Å². The molecule has 0 saturated heterocycles. The average Bonchev–Trinajstić information content (AvgIpc) is 3.30. The van der Waals surface area contributed by atoms with E-state index in [1.807, 2.05) is 24.3 Å². The number of carbonyl (C=O) groups is 1. The third-order valence-corrected chi connectivity index (χ3v) is 6.09. The summed E-state index contributed by atoms with van der Waals surface area (Å²) in [4.78, 5) is 12.4. The summed E-state index contributed by atoms with van der Waals surface area (Å²) in [5.74, 6) is -0.00178. The molecular formula is C21H26ClN3O. The molecule has 1 amide bonds. The smallest absolute Gasteiger partial charge is 0.224 e. The molecule has 26 heavy (non-hydrogen) atoms. The van der Waals surface area contributed by atoms with E-state index in [0.29, 0.717) is 24.0 Å². The Morgan fingerprint density at radius 1 is 1.15 bits per heavy atom. The first-order valence-electron chi connectivity index (χ1n) is 9.81. The Hall–Kier alpha value is -1.81. The lowest BCUT2D eigenvalue weighted by atomic mass is 9.95. The number of nitrogens with one attached hydrogen (secondary N) is 1. The topological polar surface area (TPSA) is 46.9 Å². The van der Waals surface area contributed by atoms with Gasteiger partial charge in [-0.2, -0.15) is 5.10 Å². The summed E-state index contributed by atoms with van der Waals surface area (Å²) < 4.78 is 2.30. The second-order valence-electron chi connectivity index (χ2n) is 7.51. The van der Waals surface area contributed by atoms with Crippen molar-refractivity contribution in [1.29, 1.82) is 0 Å². The highest BCUT2D eigenvalue weighted by molar-refractivity contribution is 6.31. The second-order valence-corrected chi connectivity index (χ2v) is 7.91. The molecule has 2 aliphatic carbocycles. The van der Waals surface area contributed by atoms with Gasteiger partial charge in [-0.15, -0.1) is 0 Å². The fourth-order valence-corrected chi connectivity index (χ4v) is 4.56. The molecule has 1 aromatic heterocycles. The zero-order valence-electron chi connectivity index (χ0n) is 15.1. The first-order chi connectivity index (χ1) is 12.7. The van der Waals surface area contributed by atoms with Crippen molar-refractivity contribution in [3.05, 3.63) is 51.8 Å². The van der Waals surface area contributed by atoms with Crippen molar-refractivity contribution in [1.82, 2.24) is 15.1 Å². The molecule has 1 N–H and O–H groups in total. The van der Waals surface area contributed by atoms with E-state index < -0.39 is 0 Å². The van der Waals surface area contributed by atoms with Gasteiger partial charge in [-0.05, 0) is 55.7 Å². The van der Waals surface area contributed by atoms with Gasteiger partial charge in [0.05, 0.1) is 24.7 Å². The van der Waals surface area contributed by atoms with Crippen LogP contribution in [-0.4, -0.2) is 15.7 Å². The van der Waals surface area contributed by atoms with Gasteiger partial charge in [0.25, 0.3) is 0 Å². The maximum Gasteiger partial charge on any atom is 0.224 e. The number of benzene rings is 1. The monoisotopic (exact) mass is 371 g/mol. The first-order valence-corrected chi connectivity index (χ1v) is 10.2. The minimum Gasteiger partial charge on any atom is -0.350 e. The number of halogens is 1. The van der Waals surface area contributed by atoms with Crippen LogP contribution in [0.2, 0.25) is 5.02 Å². The molecule has 0 atom stereocenters. The number of fused-ring (bicyclic) bond motifs is 1. The zero-order chi connectivity index (χ0) is 17.9. The lowest BCUT2D eigenvalue weighted by Gasteiger charge is -2.18. The van der Waals surface area contributed by atoms with Crippen LogP contribution in [0.3, 0.4) is 0 Å². The van der Waals surface area contributed by atoms with Crippen molar-refractivity contribution < 1.29 is 4.79 Å². The van der Waals surface area contributed by atoms with Gasteiger partial charge in [-0.3, -0.25) is 9.48 Å². The maximum absolute atomic E-state index is 12.4. The van der Waals surface area contributed by atoms with Crippen molar-refractivity contribution in [2.24, 2.45) is 0 Å². The van der Waals surface area contributed by atoms with E-state index >= 15 is 0 Å². The van der Waals surface area contributed by atoms with Crippen molar-refractivity contribution in [2.45, 2.75) is 70.4 Å². The molecule has 0 radical (unpaired) electrons.